The molecule has 1 atom stereocenters. The molecule has 2 aromatic heterocycles. The Morgan fingerprint density at radius 1 is 1.35 bits per heavy atom. The summed E-state index contributed by atoms with van der Waals surface area (Å²) in [5.41, 5.74) is 1.56. The second-order valence-electron chi connectivity index (χ2n) is 7.12. The molecule has 0 bridgehead atoms. The Morgan fingerprint density at radius 2 is 2.09 bits per heavy atom. The molecule has 23 heavy (non-hydrogen) atoms. The molecule has 3 rings (SSSR count). The smallest absolute Gasteiger partial charge is 0.407 e. The van der Waals surface area contributed by atoms with Crippen LogP contribution in [0.3, 0.4) is 0 Å². The van der Waals surface area contributed by atoms with Crippen molar-refractivity contribution < 1.29 is 9.90 Å². The van der Waals surface area contributed by atoms with Crippen molar-refractivity contribution in [1.82, 2.24) is 19.4 Å². The molecule has 0 saturated carbocycles. The molecule has 1 aliphatic rings. The van der Waals surface area contributed by atoms with Gasteiger partial charge in [-0.05, 0) is 17.5 Å². The molecule has 2 aromatic rings. The number of carbonyl (C=O) groups is 1. The molecule has 1 saturated heterocycles. The summed E-state index contributed by atoms with van der Waals surface area (Å²) in [6.45, 7) is 7.98. The summed E-state index contributed by atoms with van der Waals surface area (Å²) < 4.78 is 1.98. The molecule has 124 valence electrons. The maximum Gasteiger partial charge on any atom is 0.407 e. The van der Waals surface area contributed by atoms with Crippen LogP contribution in [0.4, 0.5) is 10.7 Å². The Labute approximate surface area is 135 Å². The minimum absolute atomic E-state index is 0.0819. The summed E-state index contributed by atoms with van der Waals surface area (Å²) in [7, 11) is 1.95. The first-order valence-corrected chi connectivity index (χ1v) is 7.81. The van der Waals surface area contributed by atoms with Crippen LogP contribution >= 0.6 is 0 Å². The standard InChI is InChI=1S/C16H23N5O2/c1-16(2,3)12-10-20(8-9-21(12)15(22)23)14-18-11-6-5-7-17-13(11)19(14)4/h5-7,12H,8-10H2,1-4H3,(H,22,23). The van der Waals surface area contributed by atoms with Crippen LogP contribution in [0.2, 0.25) is 0 Å². The molecule has 0 spiro atoms. The van der Waals surface area contributed by atoms with Crippen LogP contribution < -0.4 is 4.90 Å². The minimum Gasteiger partial charge on any atom is -0.465 e. The van der Waals surface area contributed by atoms with Crippen molar-refractivity contribution in [3.8, 4) is 0 Å². The molecule has 1 aliphatic heterocycles. The van der Waals surface area contributed by atoms with E-state index >= 15 is 0 Å². The summed E-state index contributed by atoms with van der Waals surface area (Å²) in [4.78, 5) is 24.3. The van der Waals surface area contributed by atoms with E-state index in [4.69, 9.17) is 0 Å². The first-order chi connectivity index (χ1) is 10.8. The van der Waals surface area contributed by atoms with Crippen molar-refractivity contribution in [2.75, 3.05) is 24.5 Å². The molecular formula is C16H23N5O2. The Hall–Kier alpha value is -2.31. The molecular weight excluding hydrogens is 294 g/mol. The van der Waals surface area contributed by atoms with Crippen LogP contribution in [0.5, 0.6) is 0 Å². The lowest BCUT2D eigenvalue weighted by atomic mass is 9.84. The van der Waals surface area contributed by atoms with Crippen molar-refractivity contribution in [3.63, 3.8) is 0 Å². The Bertz CT molecular complexity index is 734. The molecule has 7 nitrogen and oxygen atoms in total. The maximum absolute atomic E-state index is 11.5. The van der Waals surface area contributed by atoms with Crippen molar-refractivity contribution >= 4 is 23.2 Å². The molecule has 3 heterocycles. The first kappa shape index (κ1) is 15.6. The van der Waals surface area contributed by atoms with Gasteiger partial charge < -0.3 is 14.9 Å². The number of pyridine rings is 1. The fourth-order valence-electron chi connectivity index (χ4n) is 3.23. The van der Waals surface area contributed by atoms with Crippen LogP contribution in [0.1, 0.15) is 20.8 Å². The molecule has 1 amide bonds. The Balaban J connectivity index is 1.94. The van der Waals surface area contributed by atoms with Crippen LogP contribution in [0, 0.1) is 5.41 Å². The van der Waals surface area contributed by atoms with Gasteiger partial charge in [-0.3, -0.25) is 4.57 Å². The van der Waals surface area contributed by atoms with E-state index in [2.05, 4.69) is 35.6 Å². The third kappa shape index (κ3) is 2.71. The summed E-state index contributed by atoms with van der Waals surface area (Å²) >= 11 is 0. The molecule has 0 radical (unpaired) electrons. The lowest BCUT2D eigenvalue weighted by Gasteiger charge is -2.46. The molecule has 1 N–H and O–H groups in total. The number of aromatic nitrogens is 3. The highest BCUT2D eigenvalue weighted by molar-refractivity contribution is 5.74. The summed E-state index contributed by atoms with van der Waals surface area (Å²) in [6.07, 6.45) is 0.907. The number of amides is 1. The topological polar surface area (TPSA) is 74.5 Å². The third-order valence-corrected chi connectivity index (χ3v) is 4.51. The third-order valence-electron chi connectivity index (χ3n) is 4.51. The summed E-state index contributed by atoms with van der Waals surface area (Å²) in [5, 5.41) is 9.47. The van der Waals surface area contributed by atoms with Crippen LogP contribution in [-0.4, -0.2) is 56.3 Å². The van der Waals surface area contributed by atoms with Gasteiger partial charge in [0, 0.05) is 32.9 Å². The van der Waals surface area contributed by atoms with E-state index in [0.717, 1.165) is 17.1 Å². The lowest BCUT2D eigenvalue weighted by molar-refractivity contribution is 0.0744. The van der Waals surface area contributed by atoms with Crippen molar-refractivity contribution in [2.45, 2.75) is 26.8 Å². The van der Waals surface area contributed by atoms with Gasteiger partial charge in [0.2, 0.25) is 5.95 Å². The number of imidazole rings is 1. The van der Waals surface area contributed by atoms with Gasteiger partial charge in [-0.15, -0.1) is 0 Å². The lowest BCUT2D eigenvalue weighted by Crippen LogP contribution is -2.59. The number of aryl methyl sites for hydroxylation is 1. The number of rotatable bonds is 1. The zero-order valence-corrected chi connectivity index (χ0v) is 14.0. The maximum atomic E-state index is 11.5. The number of anilines is 1. The van der Waals surface area contributed by atoms with Gasteiger partial charge in [0.25, 0.3) is 0 Å². The van der Waals surface area contributed by atoms with E-state index < -0.39 is 6.09 Å². The largest absolute Gasteiger partial charge is 0.465 e. The zero-order valence-electron chi connectivity index (χ0n) is 14.0. The van der Waals surface area contributed by atoms with E-state index in [9.17, 15) is 9.90 Å². The van der Waals surface area contributed by atoms with Gasteiger partial charge in [-0.1, -0.05) is 20.8 Å². The summed E-state index contributed by atoms with van der Waals surface area (Å²) in [6, 6.07) is 3.74. The van der Waals surface area contributed by atoms with Crippen molar-refractivity contribution in [2.24, 2.45) is 12.5 Å². The molecule has 0 aromatic carbocycles. The Kier molecular flexibility index (Phi) is 3.66. The van der Waals surface area contributed by atoms with Gasteiger partial charge in [0.15, 0.2) is 5.65 Å². The molecule has 7 heteroatoms. The fourth-order valence-corrected chi connectivity index (χ4v) is 3.23. The van der Waals surface area contributed by atoms with Gasteiger partial charge in [0.05, 0.1) is 6.04 Å². The number of carboxylic acid groups (broad SMARTS) is 1. The molecule has 1 unspecified atom stereocenters. The van der Waals surface area contributed by atoms with E-state index in [-0.39, 0.29) is 11.5 Å². The fraction of sp³-hybridized carbons (Fsp3) is 0.562. The highest BCUT2D eigenvalue weighted by Gasteiger charge is 2.39. The second kappa shape index (κ2) is 5.40. The first-order valence-electron chi connectivity index (χ1n) is 7.81. The number of piperazine rings is 1. The number of hydrogen-bond donors (Lipinski definition) is 1. The summed E-state index contributed by atoms with van der Waals surface area (Å²) in [5.74, 6) is 0.845. The van der Waals surface area contributed by atoms with Crippen molar-refractivity contribution in [1.29, 1.82) is 0 Å². The normalized spacial score (nSPS) is 19.4. The SMILES string of the molecule is Cn1c(N2CCN(C(=O)O)C(C(C)(C)C)C2)nc2cccnc21. The van der Waals surface area contributed by atoms with Crippen LogP contribution in [0.15, 0.2) is 18.3 Å². The highest BCUT2D eigenvalue weighted by atomic mass is 16.4. The monoisotopic (exact) mass is 317 g/mol. The minimum atomic E-state index is -0.851. The number of hydrogen-bond acceptors (Lipinski definition) is 4. The van der Waals surface area contributed by atoms with Gasteiger partial charge in [0.1, 0.15) is 5.52 Å². The van der Waals surface area contributed by atoms with E-state index in [1.807, 2.05) is 23.7 Å². The van der Waals surface area contributed by atoms with E-state index in [1.54, 1.807) is 11.1 Å². The highest BCUT2D eigenvalue weighted by Crippen LogP contribution is 2.30. The van der Waals surface area contributed by atoms with E-state index in [1.165, 1.54) is 0 Å². The second-order valence-corrected chi connectivity index (χ2v) is 7.12. The quantitative estimate of drug-likeness (QED) is 0.872. The Morgan fingerprint density at radius 3 is 2.70 bits per heavy atom. The van der Waals surface area contributed by atoms with Crippen LogP contribution in [-0.2, 0) is 7.05 Å². The predicted molar refractivity (Wildman–Crippen MR) is 88.7 cm³/mol. The van der Waals surface area contributed by atoms with Gasteiger partial charge in [-0.25, -0.2) is 14.8 Å². The van der Waals surface area contributed by atoms with E-state index in [0.29, 0.717) is 19.6 Å². The van der Waals surface area contributed by atoms with Gasteiger partial charge in [-0.2, -0.15) is 0 Å². The average molecular weight is 317 g/mol. The predicted octanol–water partition coefficient (Wildman–Crippen LogP) is 2.18. The number of fused-ring (bicyclic) bond motifs is 1. The van der Waals surface area contributed by atoms with Crippen molar-refractivity contribution in [3.05, 3.63) is 18.3 Å². The molecule has 0 aliphatic carbocycles. The van der Waals surface area contributed by atoms with Crippen LogP contribution in [0.25, 0.3) is 11.2 Å². The zero-order chi connectivity index (χ0) is 16.8. The number of nitrogens with zero attached hydrogens (tertiary/aromatic N) is 5. The average Bonchev–Trinajstić information content (AvgIpc) is 2.83. The van der Waals surface area contributed by atoms with Gasteiger partial charge >= 0.3 is 6.09 Å². The molecule has 1 fully saturated rings.